The lowest BCUT2D eigenvalue weighted by Gasteiger charge is -2.32. The van der Waals surface area contributed by atoms with Gasteiger partial charge in [-0.05, 0) is 13.0 Å². The van der Waals surface area contributed by atoms with E-state index in [1.54, 1.807) is 31.2 Å². The van der Waals surface area contributed by atoms with E-state index in [2.05, 4.69) is 10.5 Å². The van der Waals surface area contributed by atoms with Gasteiger partial charge in [0.2, 0.25) is 0 Å². The van der Waals surface area contributed by atoms with Crippen LogP contribution in [0.15, 0.2) is 29.4 Å². The van der Waals surface area contributed by atoms with Crippen LogP contribution in [0.25, 0.3) is 0 Å². The number of nitrogens with two attached hydrogens (primary N) is 1. The molecule has 3 atom stereocenters. The molecule has 0 aromatic heterocycles. The van der Waals surface area contributed by atoms with Gasteiger partial charge in [-0.15, -0.1) is 0 Å². The van der Waals surface area contributed by atoms with E-state index in [0.29, 0.717) is 11.3 Å². The third-order valence-electron chi connectivity index (χ3n) is 3.90. The maximum absolute atomic E-state index is 12.3. The Morgan fingerprint density at radius 2 is 2.13 bits per heavy atom. The Hall–Kier alpha value is -2.90. The van der Waals surface area contributed by atoms with Crippen molar-refractivity contribution in [1.82, 2.24) is 5.43 Å². The van der Waals surface area contributed by atoms with E-state index in [9.17, 15) is 14.4 Å². The SMILES string of the molecule is CCOC(=O)C1C(=O)Oc2ccccc2C1C1C(=O)NN=C1N. The zero-order valence-electron chi connectivity index (χ0n) is 12.3. The molecule has 2 aliphatic rings. The van der Waals surface area contributed by atoms with Crippen molar-refractivity contribution in [3.05, 3.63) is 29.8 Å². The first kappa shape index (κ1) is 15.0. The van der Waals surface area contributed by atoms with Gasteiger partial charge in [0, 0.05) is 11.5 Å². The highest BCUT2D eigenvalue weighted by molar-refractivity contribution is 6.09. The highest BCUT2D eigenvalue weighted by Crippen LogP contribution is 2.43. The number of hydrogen-bond acceptors (Lipinski definition) is 7. The summed E-state index contributed by atoms with van der Waals surface area (Å²) in [6.07, 6.45) is 0. The van der Waals surface area contributed by atoms with Gasteiger partial charge >= 0.3 is 11.9 Å². The van der Waals surface area contributed by atoms with Crippen molar-refractivity contribution in [3.63, 3.8) is 0 Å². The Bertz CT molecular complexity index is 715. The van der Waals surface area contributed by atoms with Crippen molar-refractivity contribution in [2.24, 2.45) is 22.7 Å². The van der Waals surface area contributed by atoms with Crippen molar-refractivity contribution in [3.8, 4) is 5.75 Å². The van der Waals surface area contributed by atoms with Gasteiger partial charge in [-0.1, -0.05) is 18.2 Å². The minimum absolute atomic E-state index is 0.0267. The largest absolute Gasteiger partial charge is 0.465 e. The normalized spacial score (nSPS) is 26.0. The lowest BCUT2D eigenvalue weighted by molar-refractivity contribution is -0.160. The van der Waals surface area contributed by atoms with Crippen LogP contribution in [0.3, 0.4) is 0 Å². The summed E-state index contributed by atoms with van der Waals surface area (Å²) in [6.45, 7) is 1.74. The van der Waals surface area contributed by atoms with Crippen LogP contribution in [-0.2, 0) is 19.1 Å². The molecule has 1 aromatic rings. The van der Waals surface area contributed by atoms with Crippen LogP contribution < -0.4 is 15.9 Å². The molecule has 0 radical (unpaired) electrons. The summed E-state index contributed by atoms with van der Waals surface area (Å²) in [5.74, 6) is -4.67. The molecule has 0 saturated carbocycles. The molecule has 2 heterocycles. The number of rotatable bonds is 3. The Morgan fingerprint density at radius 3 is 2.78 bits per heavy atom. The number of ether oxygens (including phenoxy) is 2. The molecule has 0 saturated heterocycles. The van der Waals surface area contributed by atoms with Crippen LogP contribution in [0.4, 0.5) is 0 Å². The van der Waals surface area contributed by atoms with Crippen molar-refractivity contribution in [1.29, 1.82) is 0 Å². The number of para-hydroxylation sites is 1. The smallest absolute Gasteiger partial charge is 0.326 e. The van der Waals surface area contributed by atoms with E-state index in [1.807, 2.05) is 0 Å². The molecule has 0 aliphatic carbocycles. The summed E-state index contributed by atoms with van der Waals surface area (Å²) in [7, 11) is 0. The monoisotopic (exact) mass is 317 g/mol. The van der Waals surface area contributed by atoms with Crippen molar-refractivity contribution >= 4 is 23.7 Å². The molecule has 3 unspecified atom stereocenters. The lowest BCUT2D eigenvalue weighted by atomic mass is 9.74. The van der Waals surface area contributed by atoms with Crippen molar-refractivity contribution in [2.75, 3.05) is 6.61 Å². The fourth-order valence-electron chi connectivity index (χ4n) is 2.93. The molecule has 1 amide bonds. The topological polar surface area (TPSA) is 120 Å². The van der Waals surface area contributed by atoms with Gasteiger partial charge < -0.3 is 15.2 Å². The molecule has 2 aliphatic heterocycles. The number of amides is 1. The summed E-state index contributed by atoms with van der Waals surface area (Å²) in [5.41, 5.74) is 8.62. The number of hydrazone groups is 1. The average molecular weight is 317 g/mol. The minimum atomic E-state index is -1.27. The number of fused-ring (bicyclic) bond motifs is 1. The lowest BCUT2D eigenvalue weighted by Crippen LogP contribution is -2.46. The molecule has 0 spiro atoms. The van der Waals surface area contributed by atoms with Gasteiger partial charge in [0.1, 0.15) is 17.5 Å². The summed E-state index contributed by atoms with van der Waals surface area (Å²) in [4.78, 5) is 36.7. The third kappa shape index (κ3) is 2.41. The van der Waals surface area contributed by atoms with E-state index >= 15 is 0 Å². The second-order valence-electron chi connectivity index (χ2n) is 5.20. The first-order valence-corrected chi connectivity index (χ1v) is 7.14. The van der Waals surface area contributed by atoms with Crippen molar-refractivity contribution in [2.45, 2.75) is 12.8 Å². The molecule has 23 heavy (non-hydrogen) atoms. The van der Waals surface area contributed by atoms with Crippen LogP contribution in [0.1, 0.15) is 18.4 Å². The van der Waals surface area contributed by atoms with Crippen LogP contribution in [0.5, 0.6) is 5.75 Å². The number of nitrogens with zero attached hydrogens (tertiary/aromatic N) is 1. The van der Waals surface area contributed by atoms with Crippen molar-refractivity contribution < 1.29 is 23.9 Å². The maximum Gasteiger partial charge on any atom is 0.326 e. The van der Waals surface area contributed by atoms with Gasteiger partial charge in [0.05, 0.1) is 6.61 Å². The highest BCUT2D eigenvalue weighted by atomic mass is 16.6. The van der Waals surface area contributed by atoms with E-state index in [1.165, 1.54) is 0 Å². The van der Waals surface area contributed by atoms with Gasteiger partial charge in [-0.3, -0.25) is 14.4 Å². The second kappa shape index (κ2) is 5.71. The quantitative estimate of drug-likeness (QED) is 0.456. The number of benzene rings is 1. The minimum Gasteiger partial charge on any atom is -0.465 e. The van der Waals surface area contributed by atoms with Crippen LogP contribution >= 0.6 is 0 Å². The number of nitrogens with one attached hydrogen (secondary N) is 1. The van der Waals surface area contributed by atoms with Crippen LogP contribution in [-0.4, -0.2) is 30.3 Å². The Morgan fingerprint density at radius 1 is 1.39 bits per heavy atom. The maximum atomic E-state index is 12.3. The summed E-state index contributed by atoms with van der Waals surface area (Å²) < 4.78 is 10.2. The molecule has 8 heteroatoms. The molecule has 120 valence electrons. The first-order chi connectivity index (χ1) is 11.0. The molecule has 1 aromatic carbocycles. The summed E-state index contributed by atoms with van der Waals surface area (Å²) in [6, 6.07) is 6.72. The predicted octanol–water partition coefficient (Wildman–Crippen LogP) is -0.113. The zero-order chi connectivity index (χ0) is 16.6. The van der Waals surface area contributed by atoms with Gasteiger partial charge in [-0.25, -0.2) is 5.43 Å². The van der Waals surface area contributed by atoms with Gasteiger partial charge in [0.15, 0.2) is 5.92 Å². The third-order valence-corrected chi connectivity index (χ3v) is 3.90. The Labute approximate surface area is 131 Å². The molecular weight excluding hydrogens is 302 g/mol. The number of carbonyl (C=O) groups excluding carboxylic acids is 3. The Kier molecular flexibility index (Phi) is 3.73. The molecule has 3 N–H and O–H groups in total. The zero-order valence-corrected chi connectivity index (χ0v) is 12.3. The van der Waals surface area contributed by atoms with Crippen LogP contribution in [0, 0.1) is 11.8 Å². The van der Waals surface area contributed by atoms with E-state index in [-0.39, 0.29) is 12.4 Å². The molecule has 0 bridgehead atoms. The second-order valence-corrected chi connectivity index (χ2v) is 5.20. The number of hydrogen-bond donors (Lipinski definition) is 2. The summed E-state index contributed by atoms with van der Waals surface area (Å²) in [5, 5.41) is 3.70. The number of amidine groups is 1. The Balaban J connectivity index is 2.11. The molecule has 0 fully saturated rings. The predicted molar refractivity (Wildman–Crippen MR) is 78.2 cm³/mol. The first-order valence-electron chi connectivity index (χ1n) is 7.14. The molecular formula is C15H15N3O5. The van der Waals surface area contributed by atoms with E-state index in [4.69, 9.17) is 15.2 Å². The van der Waals surface area contributed by atoms with E-state index in [0.717, 1.165) is 0 Å². The molecule has 8 nitrogen and oxygen atoms in total. The molecule has 3 rings (SSSR count). The van der Waals surface area contributed by atoms with Crippen LogP contribution in [0.2, 0.25) is 0 Å². The number of carbonyl (C=O) groups is 3. The standard InChI is InChI=1S/C15H15N3O5/c1-2-22-14(20)11-9(10-12(16)17-18-13(10)19)7-5-3-4-6-8(7)23-15(11)21/h3-6,9-11H,2H2,1H3,(H2,16,17)(H,18,19). The average Bonchev–Trinajstić information content (AvgIpc) is 2.85. The van der Waals surface area contributed by atoms with Gasteiger partial charge in [0.25, 0.3) is 5.91 Å². The van der Waals surface area contributed by atoms with E-state index < -0.39 is 35.6 Å². The number of esters is 2. The summed E-state index contributed by atoms with van der Waals surface area (Å²) >= 11 is 0. The van der Waals surface area contributed by atoms with Gasteiger partial charge in [-0.2, -0.15) is 5.10 Å². The fraction of sp³-hybridized carbons (Fsp3) is 0.333. The highest BCUT2D eigenvalue weighted by Gasteiger charge is 2.51. The fourth-order valence-corrected chi connectivity index (χ4v) is 2.93.